The maximum atomic E-state index is 13.8. The Morgan fingerprint density at radius 1 is 1.14 bits per heavy atom. The highest BCUT2D eigenvalue weighted by Crippen LogP contribution is 2.40. The Morgan fingerprint density at radius 3 is 2.52 bits per heavy atom. The zero-order chi connectivity index (χ0) is 15.0. The van der Waals surface area contributed by atoms with Crippen molar-refractivity contribution in [3.05, 3.63) is 70.5 Å². The average molecular weight is 284 g/mol. The van der Waals surface area contributed by atoms with E-state index in [0.29, 0.717) is 30.7 Å². The van der Waals surface area contributed by atoms with Crippen LogP contribution in [0.1, 0.15) is 48.4 Å². The molecule has 0 aliphatic heterocycles. The van der Waals surface area contributed by atoms with Crippen molar-refractivity contribution >= 4 is 0 Å². The van der Waals surface area contributed by atoms with Gasteiger partial charge in [0.05, 0.1) is 5.60 Å². The van der Waals surface area contributed by atoms with Crippen LogP contribution in [0.2, 0.25) is 0 Å². The average Bonchev–Trinajstić information content (AvgIpc) is 2.78. The molecule has 0 bridgehead atoms. The zero-order valence-corrected chi connectivity index (χ0v) is 12.6. The maximum Gasteiger partial charge on any atom is 0.126 e. The molecule has 1 nitrogen and oxygen atoms in total. The largest absolute Gasteiger partial charge is 0.385 e. The van der Waals surface area contributed by atoms with Crippen LogP contribution >= 0.6 is 0 Å². The molecule has 0 spiro atoms. The van der Waals surface area contributed by atoms with Gasteiger partial charge in [0.1, 0.15) is 5.82 Å². The van der Waals surface area contributed by atoms with E-state index in [2.05, 4.69) is 38.1 Å². The third-order valence-electron chi connectivity index (χ3n) is 4.55. The molecule has 1 N–H and O–H groups in total. The van der Waals surface area contributed by atoms with Gasteiger partial charge in [-0.2, -0.15) is 0 Å². The molecule has 1 aliphatic carbocycles. The lowest BCUT2D eigenvalue weighted by atomic mass is 9.88. The first-order valence-corrected chi connectivity index (χ1v) is 7.59. The van der Waals surface area contributed by atoms with Gasteiger partial charge >= 0.3 is 0 Å². The number of rotatable bonds is 3. The number of benzene rings is 2. The minimum atomic E-state index is -0.934. The van der Waals surface area contributed by atoms with E-state index < -0.39 is 5.60 Å². The molecule has 0 amide bonds. The summed E-state index contributed by atoms with van der Waals surface area (Å²) >= 11 is 0. The summed E-state index contributed by atoms with van der Waals surface area (Å²) in [4.78, 5) is 0. The van der Waals surface area contributed by atoms with Crippen LogP contribution in [0.4, 0.5) is 4.39 Å². The Balaban J connectivity index is 1.87. The SMILES string of the molecule is CC(C)c1ccc(CC2(O)CCc3c(F)cccc32)cc1. The minimum absolute atomic E-state index is 0.196. The van der Waals surface area contributed by atoms with Crippen molar-refractivity contribution in [2.75, 3.05) is 0 Å². The van der Waals surface area contributed by atoms with E-state index in [1.54, 1.807) is 6.07 Å². The summed E-state index contributed by atoms with van der Waals surface area (Å²) in [5.41, 5.74) is 2.90. The quantitative estimate of drug-likeness (QED) is 0.889. The van der Waals surface area contributed by atoms with Gasteiger partial charge in [0.15, 0.2) is 0 Å². The summed E-state index contributed by atoms with van der Waals surface area (Å²) in [5, 5.41) is 10.9. The molecule has 2 heteroatoms. The van der Waals surface area contributed by atoms with E-state index in [-0.39, 0.29) is 5.82 Å². The van der Waals surface area contributed by atoms with Crippen molar-refractivity contribution in [3.8, 4) is 0 Å². The molecule has 0 saturated heterocycles. The smallest absolute Gasteiger partial charge is 0.126 e. The molecule has 1 unspecified atom stereocenters. The lowest BCUT2D eigenvalue weighted by Crippen LogP contribution is -2.25. The van der Waals surface area contributed by atoms with Crippen molar-refractivity contribution in [2.45, 2.75) is 44.6 Å². The van der Waals surface area contributed by atoms with E-state index >= 15 is 0 Å². The fraction of sp³-hybridized carbons (Fsp3) is 0.368. The van der Waals surface area contributed by atoms with Crippen LogP contribution in [0.3, 0.4) is 0 Å². The molecule has 1 atom stereocenters. The predicted molar refractivity (Wildman–Crippen MR) is 82.9 cm³/mol. The number of halogens is 1. The molecule has 0 radical (unpaired) electrons. The second kappa shape index (κ2) is 5.27. The summed E-state index contributed by atoms with van der Waals surface area (Å²) < 4.78 is 13.8. The number of fused-ring (bicyclic) bond motifs is 1. The highest BCUT2D eigenvalue weighted by atomic mass is 19.1. The van der Waals surface area contributed by atoms with Crippen LogP contribution in [0.5, 0.6) is 0 Å². The van der Waals surface area contributed by atoms with E-state index in [0.717, 1.165) is 11.1 Å². The third-order valence-corrected chi connectivity index (χ3v) is 4.55. The van der Waals surface area contributed by atoms with E-state index in [4.69, 9.17) is 0 Å². The molecular formula is C19H21FO. The summed E-state index contributed by atoms with van der Waals surface area (Å²) in [7, 11) is 0. The number of hydrogen-bond donors (Lipinski definition) is 1. The molecule has 21 heavy (non-hydrogen) atoms. The van der Waals surface area contributed by atoms with E-state index in [1.165, 1.54) is 11.6 Å². The van der Waals surface area contributed by atoms with Gasteiger partial charge in [-0.25, -0.2) is 4.39 Å². The first-order valence-electron chi connectivity index (χ1n) is 7.59. The molecule has 0 aromatic heterocycles. The van der Waals surface area contributed by atoms with E-state index in [9.17, 15) is 9.50 Å². The Bertz CT molecular complexity index is 645. The van der Waals surface area contributed by atoms with Crippen molar-refractivity contribution in [2.24, 2.45) is 0 Å². The predicted octanol–water partition coefficient (Wildman–Crippen LogP) is 4.33. The van der Waals surface area contributed by atoms with Gasteiger partial charge < -0.3 is 5.11 Å². The van der Waals surface area contributed by atoms with Crippen molar-refractivity contribution in [1.82, 2.24) is 0 Å². The van der Waals surface area contributed by atoms with Crippen LogP contribution in [-0.2, 0) is 18.4 Å². The van der Waals surface area contributed by atoms with Gasteiger partial charge in [-0.3, -0.25) is 0 Å². The number of aliphatic hydroxyl groups is 1. The maximum absolute atomic E-state index is 13.8. The van der Waals surface area contributed by atoms with Gasteiger partial charge in [0.25, 0.3) is 0 Å². The molecule has 0 fully saturated rings. The fourth-order valence-electron chi connectivity index (χ4n) is 3.26. The van der Waals surface area contributed by atoms with Crippen molar-refractivity contribution in [1.29, 1.82) is 0 Å². The fourth-order valence-corrected chi connectivity index (χ4v) is 3.26. The summed E-state index contributed by atoms with van der Waals surface area (Å²) in [6.45, 7) is 4.33. The molecule has 110 valence electrons. The Hall–Kier alpha value is -1.67. The lowest BCUT2D eigenvalue weighted by molar-refractivity contribution is 0.0389. The standard InChI is InChI=1S/C19H21FO/c1-13(2)15-8-6-14(7-9-15)12-19(21)11-10-16-17(19)4-3-5-18(16)20/h3-9,13,21H,10-12H2,1-2H3. The highest BCUT2D eigenvalue weighted by Gasteiger charge is 2.37. The van der Waals surface area contributed by atoms with Gasteiger partial charge in [0.2, 0.25) is 0 Å². The zero-order valence-electron chi connectivity index (χ0n) is 12.6. The Labute approximate surface area is 125 Å². The second-order valence-corrected chi connectivity index (χ2v) is 6.37. The molecule has 2 aromatic carbocycles. The molecule has 0 saturated carbocycles. The molecule has 1 aliphatic rings. The lowest BCUT2D eigenvalue weighted by Gasteiger charge is -2.24. The van der Waals surface area contributed by atoms with Gasteiger partial charge in [-0.15, -0.1) is 0 Å². The summed E-state index contributed by atoms with van der Waals surface area (Å²) in [6, 6.07) is 13.4. The van der Waals surface area contributed by atoms with E-state index in [1.807, 2.05) is 6.07 Å². The topological polar surface area (TPSA) is 20.2 Å². The first-order chi connectivity index (χ1) is 9.99. The molecule has 3 rings (SSSR count). The molecule has 0 heterocycles. The molecular weight excluding hydrogens is 263 g/mol. The molecule has 2 aromatic rings. The summed E-state index contributed by atoms with van der Waals surface area (Å²) in [6.07, 6.45) is 1.75. The minimum Gasteiger partial charge on any atom is -0.385 e. The van der Waals surface area contributed by atoms with Crippen LogP contribution in [-0.4, -0.2) is 5.11 Å². The Kier molecular flexibility index (Phi) is 3.58. The highest BCUT2D eigenvalue weighted by molar-refractivity contribution is 5.40. The summed E-state index contributed by atoms with van der Waals surface area (Å²) in [5.74, 6) is 0.307. The third kappa shape index (κ3) is 2.60. The van der Waals surface area contributed by atoms with Gasteiger partial charge in [-0.05, 0) is 47.1 Å². The first kappa shape index (κ1) is 14.3. The van der Waals surface area contributed by atoms with Crippen LogP contribution < -0.4 is 0 Å². The van der Waals surface area contributed by atoms with Gasteiger partial charge in [-0.1, -0.05) is 50.2 Å². The van der Waals surface area contributed by atoms with Gasteiger partial charge in [0, 0.05) is 6.42 Å². The van der Waals surface area contributed by atoms with Crippen LogP contribution in [0.15, 0.2) is 42.5 Å². The second-order valence-electron chi connectivity index (χ2n) is 6.37. The van der Waals surface area contributed by atoms with Crippen molar-refractivity contribution in [3.63, 3.8) is 0 Å². The van der Waals surface area contributed by atoms with Crippen molar-refractivity contribution < 1.29 is 9.50 Å². The normalized spacial score (nSPS) is 20.8. The van der Waals surface area contributed by atoms with Crippen LogP contribution in [0.25, 0.3) is 0 Å². The Morgan fingerprint density at radius 2 is 1.86 bits per heavy atom. The van der Waals surface area contributed by atoms with Crippen LogP contribution in [0, 0.1) is 5.82 Å². The monoisotopic (exact) mass is 284 g/mol. The number of hydrogen-bond acceptors (Lipinski definition) is 1.